The van der Waals surface area contributed by atoms with Crippen molar-refractivity contribution in [2.45, 2.75) is 6.42 Å². The highest BCUT2D eigenvalue weighted by Gasteiger charge is 2.34. The lowest BCUT2D eigenvalue weighted by Crippen LogP contribution is -2.18. The normalized spacial score (nSPS) is 12.8. The zero-order valence-corrected chi connectivity index (χ0v) is 10.5. The molecule has 0 saturated carbocycles. The number of allylic oxidation sites excluding steroid dienone is 1. The summed E-state index contributed by atoms with van der Waals surface area (Å²) in [6, 6.07) is 7.89. The van der Waals surface area contributed by atoms with Gasteiger partial charge in [0.25, 0.3) is 0 Å². The molecule has 0 aliphatic heterocycles. The van der Waals surface area contributed by atoms with Crippen molar-refractivity contribution in [1.82, 2.24) is 0 Å². The Morgan fingerprint density at radius 1 is 1.10 bits per heavy atom. The van der Waals surface area contributed by atoms with Gasteiger partial charge in [-0.1, -0.05) is 30.3 Å². The largest absolute Gasteiger partial charge is 0.449 e. The lowest BCUT2D eigenvalue weighted by Gasteiger charge is -2.11. The molecule has 1 aromatic heterocycles. The van der Waals surface area contributed by atoms with Crippen LogP contribution in [0.2, 0.25) is 0 Å². The highest BCUT2D eigenvalue weighted by molar-refractivity contribution is 6.27. The number of fused-ring (bicyclic) bond motifs is 2. The average Bonchev–Trinajstić information content (AvgIpc) is 2.91. The van der Waals surface area contributed by atoms with E-state index in [-0.39, 0.29) is 40.9 Å². The van der Waals surface area contributed by atoms with Crippen molar-refractivity contribution >= 4 is 17.3 Å². The van der Waals surface area contributed by atoms with Crippen molar-refractivity contribution in [1.29, 1.82) is 0 Å². The summed E-state index contributed by atoms with van der Waals surface area (Å²) in [5, 5.41) is 0. The average molecular weight is 266 g/mol. The van der Waals surface area contributed by atoms with Gasteiger partial charge in [0, 0.05) is 17.5 Å². The molecule has 1 aliphatic rings. The maximum absolute atomic E-state index is 12.3. The molecule has 3 rings (SSSR count). The van der Waals surface area contributed by atoms with E-state index in [1.54, 1.807) is 24.3 Å². The van der Waals surface area contributed by atoms with Crippen molar-refractivity contribution in [3.63, 3.8) is 0 Å². The molecule has 1 heterocycles. The zero-order valence-electron chi connectivity index (χ0n) is 10.5. The number of Topliss-reactive ketones (excluding diaryl/α,β-unsaturated/α-hetero) is 1. The minimum atomic E-state index is -0.368. The van der Waals surface area contributed by atoms with Gasteiger partial charge in [0.1, 0.15) is 0 Å². The summed E-state index contributed by atoms with van der Waals surface area (Å²) >= 11 is 0. The number of hydrogen-bond acceptors (Lipinski definition) is 4. The molecular formula is C16H10O4. The van der Waals surface area contributed by atoms with E-state index in [1.807, 2.05) is 0 Å². The van der Waals surface area contributed by atoms with Crippen LogP contribution < -0.4 is 0 Å². The molecule has 4 nitrogen and oxygen atoms in total. The quantitative estimate of drug-likeness (QED) is 0.540. The summed E-state index contributed by atoms with van der Waals surface area (Å²) in [6.45, 7) is 3.47. The van der Waals surface area contributed by atoms with E-state index in [4.69, 9.17) is 4.42 Å². The predicted molar refractivity (Wildman–Crippen MR) is 71.2 cm³/mol. The first-order valence-electron chi connectivity index (χ1n) is 6.10. The minimum Gasteiger partial charge on any atom is -0.449 e. The molecule has 0 bridgehead atoms. The van der Waals surface area contributed by atoms with Crippen LogP contribution in [0.5, 0.6) is 0 Å². The Balaban J connectivity index is 2.14. The summed E-state index contributed by atoms with van der Waals surface area (Å²) in [6.07, 6.45) is 1.55. The highest BCUT2D eigenvalue weighted by Crippen LogP contribution is 2.29. The molecule has 2 aromatic rings. The summed E-state index contributed by atoms with van der Waals surface area (Å²) in [4.78, 5) is 36.3. The molecule has 0 radical (unpaired) electrons. The fourth-order valence-electron chi connectivity index (χ4n) is 2.24. The minimum absolute atomic E-state index is 0.0180. The molecule has 1 aromatic carbocycles. The number of ketones is 3. The first-order valence-corrected chi connectivity index (χ1v) is 6.10. The van der Waals surface area contributed by atoms with Gasteiger partial charge < -0.3 is 4.42 Å². The van der Waals surface area contributed by atoms with E-state index in [0.29, 0.717) is 11.1 Å². The molecular weight excluding hydrogens is 256 g/mol. The van der Waals surface area contributed by atoms with E-state index in [0.717, 1.165) is 0 Å². The summed E-state index contributed by atoms with van der Waals surface area (Å²) in [5.74, 6) is -1.01. The number of carbonyl (C=O) groups is 3. The van der Waals surface area contributed by atoms with Crippen LogP contribution in [0.25, 0.3) is 0 Å². The van der Waals surface area contributed by atoms with Crippen LogP contribution in [0.4, 0.5) is 0 Å². The number of carbonyl (C=O) groups excluding carboxylic acids is 3. The standard InChI is InChI=1S/C16H10O4/c1-2-5-12(17)13-8-11-14(18)9-6-3-4-7-10(9)15(19)16(11)20-13/h2-4,6-8H,1,5H2. The van der Waals surface area contributed by atoms with Gasteiger partial charge in [0.15, 0.2) is 17.3 Å². The molecule has 0 N–H and O–H groups in total. The number of rotatable bonds is 3. The number of benzene rings is 1. The van der Waals surface area contributed by atoms with E-state index in [9.17, 15) is 14.4 Å². The summed E-state index contributed by atoms with van der Waals surface area (Å²) in [7, 11) is 0. The van der Waals surface area contributed by atoms with Gasteiger partial charge in [-0.25, -0.2) is 0 Å². The van der Waals surface area contributed by atoms with E-state index < -0.39 is 0 Å². The Morgan fingerprint density at radius 3 is 2.40 bits per heavy atom. The van der Waals surface area contributed by atoms with Crippen LogP contribution in [0.1, 0.15) is 49.0 Å². The summed E-state index contributed by atoms with van der Waals surface area (Å²) < 4.78 is 5.29. The van der Waals surface area contributed by atoms with Crippen LogP contribution in [0.15, 0.2) is 47.4 Å². The monoisotopic (exact) mass is 266 g/mol. The fraction of sp³-hybridized carbons (Fsp3) is 0.0625. The van der Waals surface area contributed by atoms with Crippen molar-refractivity contribution in [3.8, 4) is 0 Å². The fourth-order valence-corrected chi connectivity index (χ4v) is 2.24. The van der Waals surface area contributed by atoms with Crippen molar-refractivity contribution < 1.29 is 18.8 Å². The van der Waals surface area contributed by atoms with Crippen LogP contribution in [0, 0.1) is 0 Å². The topological polar surface area (TPSA) is 64.3 Å². The third kappa shape index (κ3) is 1.66. The predicted octanol–water partition coefficient (Wildman–Crippen LogP) is 2.81. The van der Waals surface area contributed by atoms with Crippen molar-refractivity contribution in [2.75, 3.05) is 0 Å². The molecule has 4 heteroatoms. The Hall–Kier alpha value is -2.75. The molecule has 0 fully saturated rings. The zero-order chi connectivity index (χ0) is 14.3. The SMILES string of the molecule is C=CCC(=O)c1cc2c(o1)C(=O)c1ccccc1C2=O. The van der Waals surface area contributed by atoms with E-state index in [1.165, 1.54) is 12.1 Å². The van der Waals surface area contributed by atoms with Gasteiger partial charge in [-0.3, -0.25) is 14.4 Å². The van der Waals surface area contributed by atoms with Crippen LogP contribution in [0.3, 0.4) is 0 Å². The smallest absolute Gasteiger partial charge is 0.229 e. The molecule has 20 heavy (non-hydrogen) atoms. The van der Waals surface area contributed by atoms with Gasteiger partial charge in [-0.05, 0) is 6.07 Å². The number of hydrogen-bond donors (Lipinski definition) is 0. The third-order valence-corrected chi connectivity index (χ3v) is 3.20. The Labute approximate surface area is 114 Å². The molecule has 0 unspecified atom stereocenters. The Morgan fingerprint density at radius 2 is 1.75 bits per heavy atom. The highest BCUT2D eigenvalue weighted by atomic mass is 16.4. The summed E-state index contributed by atoms with van der Waals surface area (Å²) in [5.41, 5.74) is 0.803. The van der Waals surface area contributed by atoms with Gasteiger partial charge >= 0.3 is 0 Å². The second-order valence-electron chi connectivity index (χ2n) is 4.47. The van der Waals surface area contributed by atoms with Gasteiger partial charge in [0.2, 0.25) is 11.6 Å². The molecule has 0 saturated heterocycles. The maximum Gasteiger partial charge on any atom is 0.229 e. The Kier molecular flexibility index (Phi) is 2.71. The van der Waals surface area contributed by atoms with Crippen molar-refractivity contribution in [2.24, 2.45) is 0 Å². The van der Waals surface area contributed by atoms with E-state index >= 15 is 0 Å². The second-order valence-corrected chi connectivity index (χ2v) is 4.47. The molecule has 1 aliphatic carbocycles. The number of furan rings is 1. The third-order valence-electron chi connectivity index (χ3n) is 3.20. The van der Waals surface area contributed by atoms with Crippen LogP contribution in [-0.4, -0.2) is 17.3 Å². The van der Waals surface area contributed by atoms with Crippen LogP contribution >= 0.6 is 0 Å². The lowest BCUT2D eigenvalue weighted by atomic mass is 9.88. The molecule has 0 atom stereocenters. The van der Waals surface area contributed by atoms with E-state index in [2.05, 4.69) is 6.58 Å². The molecule has 98 valence electrons. The maximum atomic E-state index is 12.3. The van der Waals surface area contributed by atoms with Crippen molar-refractivity contribution in [3.05, 3.63) is 71.2 Å². The lowest BCUT2D eigenvalue weighted by molar-refractivity contribution is 0.0941. The molecule has 0 spiro atoms. The Bertz CT molecular complexity index is 712. The first kappa shape index (κ1) is 12.3. The van der Waals surface area contributed by atoms with Gasteiger partial charge in [-0.15, -0.1) is 6.58 Å². The van der Waals surface area contributed by atoms with Gasteiger partial charge in [-0.2, -0.15) is 0 Å². The van der Waals surface area contributed by atoms with Crippen LogP contribution in [-0.2, 0) is 0 Å². The first-order chi connectivity index (χ1) is 9.63. The molecule has 0 amide bonds. The second kappa shape index (κ2) is 4.42. The van der Waals surface area contributed by atoms with Gasteiger partial charge in [0.05, 0.1) is 5.56 Å².